The van der Waals surface area contributed by atoms with Crippen LogP contribution in [0.3, 0.4) is 0 Å². The third kappa shape index (κ3) is 6.17. The van der Waals surface area contributed by atoms with Crippen molar-refractivity contribution in [2.45, 2.75) is 0 Å². The summed E-state index contributed by atoms with van der Waals surface area (Å²) in [4.78, 5) is 19.6. The molecule has 0 aliphatic carbocycles. The van der Waals surface area contributed by atoms with E-state index in [1.807, 2.05) is 36.4 Å². The number of rotatable bonds is 9. The van der Waals surface area contributed by atoms with E-state index in [0.717, 1.165) is 17.0 Å². The number of urea groups is 1. The summed E-state index contributed by atoms with van der Waals surface area (Å²) in [6, 6.07) is 20.4. The van der Waals surface area contributed by atoms with Crippen LogP contribution in [-0.2, 0) is 0 Å². The molecule has 0 unspecified atom stereocenters. The Hall–Kier alpha value is -3.55. The minimum absolute atomic E-state index is 0.418. The van der Waals surface area contributed by atoms with Crippen molar-refractivity contribution < 1.29 is 13.9 Å². The minimum Gasteiger partial charge on any atom is -0.497 e. The highest BCUT2D eigenvalue weighted by molar-refractivity contribution is 6.18. The number of fused-ring (bicyclic) bond motifs is 1. The Morgan fingerprint density at radius 2 is 1.64 bits per heavy atom. The zero-order chi connectivity index (χ0) is 25.5. The number of carbonyl (C=O) groups is 1. The van der Waals surface area contributed by atoms with E-state index >= 15 is 0 Å². The molecule has 0 atom stereocenters. The summed E-state index contributed by atoms with van der Waals surface area (Å²) >= 11 is 11.8. The van der Waals surface area contributed by atoms with Gasteiger partial charge in [-0.2, -0.15) is 0 Å². The molecule has 9 heteroatoms. The summed E-state index contributed by atoms with van der Waals surface area (Å²) in [6.07, 6.45) is 0. The summed E-state index contributed by atoms with van der Waals surface area (Å²) in [5.41, 5.74) is 4.03. The summed E-state index contributed by atoms with van der Waals surface area (Å²) in [5.74, 6) is 1.27. The van der Waals surface area contributed by atoms with Gasteiger partial charge in [0.05, 0.1) is 24.0 Å². The molecule has 1 aromatic heterocycles. The number of hydrogen-bond donors (Lipinski definition) is 2. The first-order valence-corrected chi connectivity index (χ1v) is 12.4. The van der Waals surface area contributed by atoms with Crippen LogP contribution < -0.4 is 20.3 Å². The number of alkyl halides is 2. The van der Waals surface area contributed by atoms with Gasteiger partial charge in [-0.15, -0.1) is 23.2 Å². The van der Waals surface area contributed by atoms with Crippen molar-refractivity contribution in [3.63, 3.8) is 0 Å². The third-order valence-corrected chi connectivity index (χ3v) is 5.94. The first-order valence-electron chi connectivity index (χ1n) is 11.3. The van der Waals surface area contributed by atoms with Gasteiger partial charge in [0.2, 0.25) is 0 Å². The summed E-state index contributed by atoms with van der Waals surface area (Å²) < 4.78 is 19.3. The van der Waals surface area contributed by atoms with E-state index in [0.29, 0.717) is 52.8 Å². The van der Waals surface area contributed by atoms with Gasteiger partial charge in [-0.1, -0.05) is 0 Å². The molecule has 2 N–H and O–H groups in total. The summed E-state index contributed by atoms with van der Waals surface area (Å²) in [6.45, 7) is 1.34. The molecule has 2 amide bonds. The lowest BCUT2D eigenvalue weighted by molar-refractivity contribution is 0.262. The number of anilines is 3. The summed E-state index contributed by atoms with van der Waals surface area (Å²) in [5, 5.41) is 6.16. The first kappa shape index (κ1) is 25.5. The fraction of sp³-hybridized carbons (Fsp3) is 0.185. The maximum absolute atomic E-state index is 14.0. The number of carbonyl (C=O) groups excluding carboxylic acids is 1. The Kier molecular flexibility index (Phi) is 8.46. The van der Waals surface area contributed by atoms with Crippen molar-refractivity contribution >= 4 is 57.2 Å². The fourth-order valence-electron chi connectivity index (χ4n) is 3.83. The number of benzene rings is 3. The van der Waals surface area contributed by atoms with E-state index in [4.69, 9.17) is 27.9 Å². The van der Waals surface area contributed by atoms with Gasteiger partial charge in [-0.25, -0.2) is 14.2 Å². The van der Waals surface area contributed by atoms with Crippen LogP contribution >= 0.6 is 23.2 Å². The normalized spacial score (nSPS) is 10.8. The highest BCUT2D eigenvalue weighted by Gasteiger charge is 2.13. The number of hydrogen-bond acceptors (Lipinski definition) is 4. The lowest BCUT2D eigenvalue weighted by atomic mass is 10.1. The molecule has 0 saturated carbocycles. The molecule has 186 valence electrons. The number of nitrogens with one attached hydrogen (secondary N) is 2. The maximum atomic E-state index is 14.0. The van der Waals surface area contributed by atoms with Crippen LogP contribution in [0.2, 0.25) is 0 Å². The Balaban J connectivity index is 1.57. The molecule has 0 saturated heterocycles. The lowest BCUT2D eigenvalue weighted by Gasteiger charge is -2.23. The Morgan fingerprint density at radius 1 is 0.944 bits per heavy atom. The quantitative estimate of drug-likeness (QED) is 0.231. The van der Waals surface area contributed by atoms with Crippen LogP contribution in [0.4, 0.5) is 26.2 Å². The predicted octanol–water partition coefficient (Wildman–Crippen LogP) is 6.98. The van der Waals surface area contributed by atoms with Gasteiger partial charge in [0, 0.05) is 47.2 Å². The fourth-order valence-corrected chi connectivity index (χ4v) is 4.23. The SMILES string of the molecule is COc1ccc(-c2cc(NC(=O)Nc3ccc(N(CCCl)CCCl)cc3)c3cc(F)ccc3n2)cc1. The second kappa shape index (κ2) is 11.9. The van der Waals surface area contributed by atoms with Gasteiger partial charge in [-0.05, 0) is 72.8 Å². The average Bonchev–Trinajstić information content (AvgIpc) is 2.89. The Labute approximate surface area is 219 Å². The standard InChI is InChI=1S/C27H25Cl2FN4O2/c1-36-22-9-2-18(3-10-22)25-17-26(23-16-19(30)4-11-24(23)32-25)33-27(35)31-20-5-7-21(8-6-20)34(14-12-28)15-13-29/h2-11,16-17H,12-15H2,1H3,(H2,31,32,33,35). The van der Waals surface area contributed by atoms with Crippen LogP contribution in [0.15, 0.2) is 72.8 Å². The minimum atomic E-state index is -0.460. The van der Waals surface area contributed by atoms with Gasteiger partial charge in [0.25, 0.3) is 0 Å². The van der Waals surface area contributed by atoms with E-state index in [1.54, 1.807) is 31.4 Å². The number of amides is 2. The smallest absolute Gasteiger partial charge is 0.323 e. The number of halogens is 3. The number of methoxy groups -OCH3 is 1. The third-order valence-electron chi connectivity index (χ3n) is 5.60. The van der Waals surface area contributed by atoms with Crippen LogP contribution in [-0.4, -0.2) is 43.0 Å². The molecule has 6 nitrogen and oxygen atoms in total. The van der Waals surface area contributed by atoms with E-state index in [1.165, 1.54) is 12.1 Å². The van der Waals surface area contributed by atoms with Crippen LogP contribution in [0, 0.1) is 5.82 Å². The average molecular weight is 527 g/mol. The van der Waals surface area contributed by atoms with Crippen molar-refractivity contribution in [1.82, 2.24) is 4.98 Å². The molecule has 0 radical (unpaired) electrons. The first-order chi connectivity index (χ1) is 17.5. The number of ether oxygens (including phenoxy) is 1. The molecule has 0 bridgehead atoms. The van der Waals surface area contributed by atoms with E-state index in [9.17, 15) is 9.18 Å². The van der Waals surface area contributed by atoms with Crippen LogP contribution in [0.5, 0.6) is 5.75 Å². The zero-order valence-corrected chi connectivity index (χ0v) is 21.1. The molecule has 3 aromatic carbocycles. The van der Waals surface area contributed by atoms with Crippen LogP contribution in [0.25, 0.3) is 22.2 Å². The van der Waals surface area contributed by atoms with Gasteiger partial charge in [0.15, 0.2) is 0 Å². The van der Waals surface area contributed by atoms with Crippen molar-refractivity contribution in [3.05, 3.63) is 78.6 Å². The predicted molar refractivity (Wildman–Crippen MR) is 146 cm³/mol. The lowest BCUT2D eigenvalue weighted by Crippen LogP contribution is -2.27. The monoisotopic (exact) mass is 526 g/mol. The van der Waals surface area contributed by atoms with Crippen molar-refractivity contribution in [1.29, 1.82) is 0 Å². The van der Waals surface area contributed by atoms with Gasteiger partial charge in [-0.3, -0.25) is 0 Å². The van der Waals surface area contributed by atoms with Gasteiger partial charge >= 0.3 is 6.03 Å². The number of aromatic nitrogens is 1. The maximum Gasteiger partial charge on any atom is 0.323 e. The van der Waals surface area contributed by atoms with E-state index in [-0.39, 0.29) is 0 Å². The second-order valence-corrected chi connectivity index (χ2v) is 8.69. The topological polar surface area (TPSA) is 66.5 Å². The highest BCUT2D eigenvalue weighted by Crippen LogP contribution is 2.30. The summed E-state index contributed by atoms with van der Waals surface area (Å²) in [7, 11) is 1.60. The molecule has 36 heavy (non-hydrogen) atoms. The van der Waals surface area contributed by atoms with Crippen molar-refractivity contribution in [2.75, 3.05) is 47.5 Å². The van der Waals surface area contributed by atoms with Gasteiger partial charge in [0.1, 0.15) is 11.6 Å². The molecule has 4 aromatic rings. The second-order valence-electron chi connectivity index (χ2n) is 7.94. The molecule has 0 aliphatic rings. The molecular formula is C27H25Cl2FN4O2. The van der Waals surface area contributed by atoms with Crippen molar-refractivity contribution in [3.8, 4) is 17.0 Å². The molecule has 0 fully saturated rings. The molecule has 0 spiro atoms. The zero-order valence-electron chi connectivity index (χ0n) is 19.6. The van der Waals surface area contributed by atoms with Crippen molar-refractivity contribution in [2.24, 2.45) is 0 Å². The van der Waals surface area contributed by atoms with E-state index in [2.05, 4.69) is 20.5 Å². The number of nitrogens with zero attached hydrogens (tertiary/aromatic N) is 2. The molecule has 4 rings (SSSR count). The molecular weight excluding hydrogens is 502 g/mol. The van der Waals surface area contributed by atoms with Gasteiger partial charge < -0.3 is 20.3 Å². The largest absolute Gasteiger partial charge is 0.497 e. The molecule has 0 aliphatic heterocycles. The van der Waals surface area contributed by atoms with Crippen LogP contribution in [0.1, 0.15) is 0 Å². The Bertz CT molecular complexity index is 1330. The molecule has 1 heterocycles. The Morgan fingerprint density at radius 3 is 2.28 bits per heavy atom. The highest BCUT2D eigenvalue weighted by atomic mass is 35.5. The van der Waals surface area contributed by atoms with E-state index < -0.39 is 11.8 Å². The number of pyridine rings is 1.